The molecular formula is C24H27F6N3O7. The third-order valence-electron chi connectivity index (χ3n) is 5.91. The maximum Gasteiger partial charge on any atom is 0.490 e. The molecule has 3 N–H and O–H groups in total. The van der Waals surface area contributed by atoms with E-state index < -0.39 is 24.3 Å². The molecule has 40 heavy (non-hydrogen) atoms. The molecule has 0 aromatic carbocycles. The van der Waals surface area contributed by atoms with E-state index >= 15 is 0 Å². The maximum atomic E-state index is 12.8. The molecule has 0 radical (unpaired) electrons. The number of alkyl halides is 6. The predicted molar refractivity (Wildman–Crippen MR) is 123 cm³/mol. The van der Waals surface area contributed by atoms with Crippen molar-refractivity contribution < 1.29 is 60.1 Å². The SMILES string of the molecule is O=C(NCc1ccccn1)[C@@H]1CCO[C@@H]2CCN(Cc3ccco3)C[C@@H]21.O=C(O)C(F)(F)F.O=C(O)C(F)(F)F. The quantitative estimate of drug-likeness (QED) is 0.451. The van der Waals surface area contributed by atoms with E-state index in [2.05, 4.69) is 15.2 Å². The van der Waals surface area contributed by atoms with E-state index in [0.717, 1.165) is 43.9 Å². The summed E-state index contributed by atoms with van der Waals surface area (Å²) in [4.78, 5) is 37.3. The van der Waals surface area contributed by atoms with Crippen molar-refractivity contribution in [2.24, 2.45) is 11.8 Å². The second-order valence-corrected chi connectivity index (χ2v) is 8.72. The molecule has 0 aliphatic carbocycles. The second-order valence-electron chi connectivity index (χ2n) is 8.72. The van der Waals surface area contributed by atoms with Gasteiger partial charge in [-0.2, -0.15) is 26.3 Å². The summed E-state index contributed by atoms with van der Waals surface area (Å²) in [6.45, 7) is 3.78. The molecule has 2 saturated heterocycles. The number of carboxylic acid groups (broad SMARTS) is 2. The van der Waals surface area contributed by atoms with Gasteiger partial charge in [0.15, 0.2) is 0 Å². The van der Waals surface area contributed by atoms with Crippen molar-refractivity contribution in [3.05, 3.63) is 54.2 Å². The lowest BCUT2D eigenvalue weighted by Gasteiger charge is -2.44. The zero-order valence-electron chi connectivity index (χ0n) is 20.8. The lowest BCUT2D eigenvalue weighted by atomic mass is 9.79. The maximum absolute atomic E-state index is 12.8. The number of nitrogens with one attached hydrogen (secondary N) is 1. The fourth-order valence-corrected chi connectivity index (χ4v) is 4.09. The van der Waals surface area contributed by atoms with E-state index in [1.807, 2.05) is 30.3 Å². The number of aliphatic carboxylic acids is 2. The molecule has 2 aliphatic heterocycles. The van der Waals surface area contributed by atoms with Crippen LogP contribution in [-0.4, -0.2) is 76.1 Å². The Balaban J connectivity index is 0.000000333. The summed E-state index contributed by atoms with van der Waals surface area (Å²) >= 11 is 0. The lowest BCUT2D eigenvalue weighted by Crippen LogP contribution is -2.53. The molecule has 4 rings (SSSR count). The number of carbonyl (C=O) groups is 3. The molecule has 4 heterocycles. The van der Waals surface area contributed by atoms with E-state index in [4.69, 9.17) is 29.0 Å². The number of nitrogens with zero attached hydrogens (tertiary/aromatic N) is 2. The van der Waals surface area contributed by atoms with Gasteiger partial charge in [-0.05, 0) is 37.1 Å². The van der Waals surface area contributed by atoms with E-state index in [9.17, 15) is 31.1 Å². The molecule has 0 unspecified atom stereocenters. The van der Waals surface area contributed by atoms with E-state index in [1.54, 1.807) is 12.5 Å². The van der Waals surface area contributed by atoms with Gasteiger partial charge in [0.25, 0.3) is 0 Å². The van der Waals surface area contributed by atoms with Crippen LogP contribution in [0.4, 0.5) is 26.3 Å². The molecule has 10 nitrogen and oxygen atoms in total. The molecule has 0 spiro atoms. The van der Waals surface area contributed by atoms with Crippen LogP contribution < -0.4 is 5.32 Å². The lowest BCUT2D eigenvalue weighted by molar-refractivity contribution is -0.193. The summed E-state index contributed by atoms with van der Waals surface area (Å²) in [6.07, 6.45) is -4.78. The van der Waals surface area contributed by atoms with Crippen molar-refractivity contribution in [3.8, 4) is 0 Å². The highest BCUT2D eigenvalue weighted by molar-refractivity contribution is 5.79. The van der Waals surface area contributed by atoms with Gasteiger partial charge in [0.2, 0.25) is 5.91 Å². The number of rotatable bonds is 5. The first kappa shape index (κ1) is 32.6. The van der Waals surface area contributed by atoms with Crippen LogP contribution in [0.15, 0.2) is 47.2 Å². The van der Waals surface area contributed by atoms with Gasteiger partial charge in [-0.3, -0.25) is 14.7 Å². The normalized spacial score (nSPS) is 21.0. The van der Waals surface area contributed by atoms with Crippen LogP contribution in [0.3, 0.4) is 0 Å². The molecule has 0 bridgehead atoms. The summed E-state index contributed by atoms with van der Waals surface area (Å²) in [5.74, 6) is -4.20. The number of furan rings is 1. The first-order valence-electron chi connectivity index (χ1n) is 11.8. The standard InChI is InChI=1S/C20H25N3O3.2C2HF3O2/c24-20(22-12-15-4-1-2-8-21-15)17-7-11-26-19-6-9-23(14-18(17)19)13-16-5-3-10-25-16;2*3-2(4,5)1(6)7/h1-5,8,10,17-19H,6-7,9,11-14H2,(H,22,24);2*(H,6,7)/t17-,18-,19-;;/m1../s1. The number of pyridine rings is 1. The molecule has 2 fully saturated rings. The van der Waals surface area contributed by atoms with Crippen molar-refractivity contribution in [2.45, 2.75) is 44.4 Å². The molecule has 16 heteroatoms. The predicted octanol–water partition coefficient (Wildman–Crippen LogP) is 3.48. The highest BCUT2D eigenvalue weighted by atomic mass is 19.4. The smallest absolute Gasteiger partial charge is 0.475 e. The average molecular weight is 583 g/mol. The van der Waals surface area contributed by atoms with Crippen LogP contribution in [0.25, 0.3) is 0 Å². The average Bonchev–Trinajstić information content (AvgIpc) is 3.40. The highest BCUT2D eigenvalue weighted by Crippen LogP contribution is 2.34. The van der Waals surface area contributed by atoms with Gasteiger partial charge in [-0.15, -0.1) is 0 Å². The Labute approximate surface area is 223 Å². The number of likely N-dealkylation sites (tertiary alicyclic amines) is 1. The Morgan fingerprint density at radius 2 is 1.65 bits per heavy atom. The number of hydrogen-bond acceptors (Lipinski definition) is 7. The second kappa shape index (κ2) is 14.6. The van der Waals surface area contributed by atoms with Crippen molar-refractivity contribution in [2.75, 3.05) is 19.7 Å². The summed E-state index contributed by atoms with van der Waals surface area (Å²) in [5.41, 5.74) is 0.882. The zero-order chi connectivity index (χ0) is 29.9. The summed E-state index contributed by atoms with van der Waals surface area (Å²) in [5, 5.41) is 17.3. The molecule has 3 atom stereocenters. The number of hydrogen-bond donors (Lipinski definition) is 3. The summed E-state index contributed by atoms with van der Waals surface area (Å²) in [6, 6.07) is 9.66. The fourth-order valence-electron chi connectivity index (χ4n) is 4.09. The van der Waals surface area contributed by atoms with E-state index in [1.165, 1.54) is 0 Å². The van der Waals surface area contributed by atoms with Gasteiger partial charge >= 0.3 is 24.3 Å². The summed E-state index contributed by atoms with van der Waals surface area (Å²) in [7, 11) is 0. The van der Waals surface area contributed by atoms with Gasteiger partial charge in [0.05, 0.1) is 31.2 Å². The Kier molecular flexibility index (Phi) is 11.9. The first-order chi connectivity index (χ1) is 18.7. The van der Waals surface area contributed by atoms with Crippen molar-refractivity contribution in [3.63, 3.8) is 0 Å². The molecule has 2 aromatic rings. The molecular weight excluding hydrogens is 556 g/mol. The number of aromatic nitrogens is 1. The van der Waals surface area contributed by atoms with Crippen LogP contribution in [0.1, 0.15) is 24.3 Å². The van der Waals surface area contributed by atoms with Gasteiger partial charge < -0.3 is 24.7 Å². The number of halogens is 6. The number of fused-ring (bicyclic) bond motifs is 1. The number of amides is 1. The van der Waals surface area contributed by atoms with Crippen molar-refractivity contribution in [1.82, 2.24) is 15.2 Å². The molecule has 2 aliphatic rings. The van der Waals surface area contributed by atoms with Crippen LogP contribution in [0, 0.1) is 11.8 Å². The fraction of sp³-hybridized carbons (Fsp3) is 0.500. The first-order valence-corrected chi connectivity index (χ1v) is 11.8. The number of ether oxygens (including phenoxy) is 1. The monoisotopic (exact) mass is 583 g/mol. The zero-order valence-corrected chi connectivity index (χ0v) is 20.8. The third kappa shape index (κ3) is 10.8. The molecule has 1 amide bonds. The van der Waals surface area contributed by atoms with Crippen molar-refractivity contribution >= 4 is 17.8 Å². The highest BCUT2D eigenvalue weighted by Gasteiger charge is 2.42. The Bertz CT molecular complexity index is 1060. The van der Waals surface area contributed by atoms with Crippen molar-refractivity contribution in [1.29, 1.82) is 0 Å². The van der Waals surface area contributed by atoms with Gasteiger partial charge in [-0.25, -0.2) is 9.59 Å². The van der Waals surface area contributed by atoms with Crippen LogP contribution in [0.2, 0.25) is 0 Å². The summed E-state index contributed by atoms with van der Waals surface area (Å²) < 4.78 is 74.9. The van der Waals surface area contributed by atoms with E-state index in [0.29, 0.717) is 13.2 Å². The Morgan fingerprint density at radius 1 is 1.00 bits per heavy atom. The number of piperidine rings is 1. The van der Waals surface area contributed by atoms with Crippen LogP contribution >= 0.6 is 0 Å². The molecule has 2 aromatic heterocycles. The minimum Gasteiger partial charge on any atom is -0.475 e. The largest absolute Gasteiger partial charge is 0.490 e. The topological polar surface area (TPSA) is 142 Å². The Morgan fingerprint density at radius 3 is 2.17 bits per heavy atom. The number of carboxylic acids is 2. The van der Waals surface area contributed by atoms with E-state index in [-0.39, 0.29) is 23.8 Å². The van der Waals surface area contributed by atoms with Gasteiger partial charge in [-0.1, -0.05) is 6.07 Å². The molecule has 0 saturated carbocycles. The van der Waals surface area contributed by atoms with Crippen LogP contribution in [-0.2, 0) is 32.2 Å². The Hall–Kier alpha value is -3.66. The minimum atomic E-state index is -5.08. The minimum absolute atomic E-state index is 0.00290. The van der Waals surface area contributed by atoms with Gasteiger partial charge in [0.1, 0.15) is 5.76 Å². The molecule has 222 valence electrons. The number of carbonyl (C=O) groups excluding carboxylic acids is 1. The third-order valence-corrected chi connectivity index (χ3v) is 5.91. The van der Waals surface area contributed by atoms with Crippen LogP contribution in [0.5, 0.6) is 0 Å². The van der Waals surface area contributed by atoms with Gasteiger partial charge in [0, 0.05) is 37.7 Å².